The van der Waals surface area contributed by atoms with E-state index in [0.29, 0.717) is 25.3 Å². The standard InChI is InChI=1S/C22H33N3O6S/c1-5-30-17-8-10-18(11-9-17)32(28,29)24-15-13-23(14-16-24)20(26)19-7-6-12-25(19)21(27)31-22(2,3)4/h8-11,19H,5-7,12-16H2,1-4H3/t19-/m0/s1. The molecular weight excluding hydrogens is 434 g/mol. The normalized spacial score (nSPS) is 20.3. The zero-order valence-electron chi connectivity index (χ0n) is 19.2. The second kappa shape index (κ2) is 9.66. The number of piperazine rings is 1. The number of nitrogens with zero attached hydrogens (tertiary/aromatic N) is 3. The minimum atomic E-state index is -3.65. The van der Waals surface area contributed by atoms with Crippen molar-refractivity contribution in [2.45, 2.75) is 57.1 Å². The maximum Gasteiger partial charge on any atom is 0.410 e. The summed E-state index contributed by atoms with van der Waals surface area (Å²) in [5.74, 6) is 0.472. The molecule has 0 spiro atoms. The summed E-state index contributed by atoms with van der Waals surface area (Å²) in [5.41, 5.74) is -0.631. The van der Waals surface area contributed by atoms with E-state index in [2.05, 4.69) is 0 Å². The molecule has 0 unspecified atom stereocenters. The smallest absolute Gasteiger partial charge is 0.410 e. The van der Waals surface area contributed by atoms with E-state index < -0.39 is 27.8 Å². The third-order valence-electron chi connectivity index (χ3n) is 5.49. The Morgan fingerprint density at radius 2 is 1.66 bits per heavy atom. The molecule has 0 aliphatic carbocycles. The van der Waals surface area contributed by atoms with Gasteiger partial charge in [0.25, 0.3) is 0 Å². The first-order chi connectivity index (χ1) is 15.0. The molecule has 0 bridgehead atoms. The molecule has 3 rings (SSSR count). The largest absolute Gasteiger partial charge is 0.494 e. The Labute approximate surface area is 190 Å². The van der Waals surface area contributed by atoms with E-state index in [0.717, 1.165) is 6.42 Å². The first-order valence-corrected chi connectivity index (χ1v) is 12.5. The molecule has 0 N–H and O–H groups in total. The van der Waals surface area contributed by atoms with Crippen molar-refractivity contribution in [1.29, 1.82) is 0 Å². The van der Waals surface area contributed by atoms with E-state index in [1.54, 1.807) is 37.8 Å². The molecule has 1 aromatic rings. The summed E-state index contributed by atoms with van der Waals surface area (Å²) in [7, 11) is -3.65. The average Bonchev–Trinajstić information content (AvgIpc) is 3.23. The zero-order valence-corrected chi connectivity index (χ0v) is 20.1. The van der Waals surface area contributed by atoms with Crippen LogP contribution in [0.4, 0.5) is 4.79 Å². The van der Waals surface area contributed by atoms with Crippen molar-refractivity contribution in [2.75, 3.05) is 39.3 Å². The van der Waals surface area contributed by atoms with E-state index >= 15 is 0 Å². The highest BCUT2D eigenvalue weighted by Gasteiger charge is 2.40. The summed E-state index contributed by atoms with van der Waals surface area (Å²) in [6.45, 7) is 9.23. The van der Waals surface area contributed by atoms with Crippen LogP contribution < -0.4 is 4.74 Å². The zero-order chi connectivity index (χ0) is 23.5. The highest BCUT2D eigenvalue weighted by Crippen LogP contribution is 2.25. The van der Waals surface area contributed by atoms with Crippen molar-refractivity contribution in [3.05, 3.63) is 24.3 Å². The maximum absolute atomic E-state index is 13.1. The summed E-state index contributed by atoms with van der Waals surface area (Å²) in [6, 6.07) is 5.80. The van der Waals surface area contributed by atoms with Crippen molar-refractivity contribution >= 4 is 22.0 Å². The minimum absolute atomic E-state index is 0.147. The first kappa shape index (κ1) is 24.3. The van der Waals surface area contributed by atoms with Gasteiger partial charge in [-0.05, 0) is 64.8 Å². The monoisotopic (exact) mass is 467 g/mol. The fourth-order valence-electron chi connectivity index (χ4n) is 3.95. The lowest BCUT2D eigenvalue weighted by Gasteiger charge is -2.37. The minimum Gasteiger partial charge on any atom is -0.494 e. The van der Waals surface area contributed by atoms with Gasteiger partial charge in [0.15, 0.2) is 0 Å². The molecule has 32 heavy (non-hydrogen) atoms. The number of sulfonamides is 1. The fourth-order valence-corrected chi connectivity index (χ4v) is 5.37. The van der Waals surface area contributed by atoms with Crippen LogP contribution in [-0.4, -0.2) is 85.5 Å². The van der Waals surface area contributed by atoms with Gasteiger partial charge in [-0.3, -0.25) is 9.69 Å². The second-order valence-electron chi connectivity index (χ2n) is 8.97. The fraction of sp³-hybridized carbons (Fsp3) is 0.636. The van der Waals surface area contributed by atoms with Gasteiger partial charge in [0.05, 0.1) is 11.5 Å². The van der Waals surface area contributed by atoms with Gasteiger partial charge < -0.3 is 14.4 Å². The molecule has 0 saturated carbocycles. The summed E-state index contributed by atoms with van der Waals surface area (Å²) in [4.78, 5) is 28.9. The molecule has 2 amide bonds. The van der Waals surface area contributed by atoms with E-state index in [1.807, 2.05) is 6.92 Å². The van der Waals surface area contributed by atoms with Crippen LogP contribution in [0.3, 0.4) is 0 Å². The molecule has 178 valence electrons. The number of carbonyl (C=O) groups excluding carboxylic acids is 2. The molecule has 0 aromatic heterocycles. The predicted molar refractivity (Wildman–Crippen MR) is 119 cm³/mol. The van der Waals surface area contributed by atoms with Gasteiger partial charge >= 0.3 is 6.09 Å². The Kier molecular flexibility index (Phi) is 7.34. The number of benzene rings is 1. The molecule has 0 radical (unpaired) electrons. The molecule has 2 aliphatic rings. The Bertz CT molecular complexity index is 918. The van der Waals surface area contributed by atoms with Gasteiger partial charge in [-0.15, -0.1) is 0 Å². The molecule has 1 atom stereocenters. The van der Waals surface area contributed by atoms with Crippen LogP contribution in [-0.2, 0) is 19.6 Å². The van der Waals surface area contributed by atoms with Gasteiger partial charge in [-0.1, -0.05) is 0 Å². The van der Waals surface area contributed by atoms with Gasteiger partial charge in [-0.25, -0.2) is 13.2 Å². The van der Waals surface area contributed by atoms with Crippen molar-refractivity contribution < 1.29 is 27.5 Å². The third kappa shape index (κ3) is 5.53. The van der Waals surface area contributed by atoms with Crippen LogP contribution in [0, 0.1) is 0 Å². The number of amides is 2. The Morgan fingerprint density at radius 3 is 2.22 bits per heavy atom. The van der Waals surface area contributed by atoms with Crippen LogP contribution in [0.5, 0.6) is 5.75 Å². The quantitative estimate of drug-likeness (QED) is 0.659. The number of hydrogen-bond donors (Lipinski definition) is 0. The van der Waals surface area contributed by atoms with Crippen molar-refractivity contribution in [2.24, 2.45) is 0 Å². The van der Waals surface area contributed by atoms with Crippen molar-refractivity contribution in [1.82, 2.24) is 14.1 Å². The molecule has 10 heteroatoms. The van der Waals surface area contributed by atoms with Crippen LogP contribution in [0.2, 0.25) is 0 Å². The van der Waals surface area contributed by atoms with E-state index in [-0.39, 0.29) is 37.0 Å². The molecule has 2 saturated heterocycles. The number of rotatable bonds is 5. The topological polar surface area (TPSA) is 96.5 Å². The highest BCUT2D eigenvalue weighted by atomic mass is 32.2. The van der Waals surface area contributed by atoms with Crippen LogP contribution in [0.25, 0.3) is 0 Å². The molecular formula is C22H33N3O6S. The van der Waals surface area contributed by atoms with Crippen LogP contribution in [0.1, 0.15) is 40.5 Å². The second-order valence-corrected chi connectivity index (χ2v) is 10.9. The summed E-state index contributed by atoms with van der Waals surface area (Å²) >= 11 is 0. The summed E-state index contributed by atoms with van der Waals surface area (Å²) in [5, 5.41) is 0. The molecule has 2 fully saturated rings. The third-order valence-corrected chi connectivity index (χ3v) is 7.40. The maximum atomic E-state index is 13.1. The summed E-state index contributed by atoms with van der Waals surface area (Å²) in [6.07, 6.45) is 0.842. The Morgan fingerprint density at radius 1 is 1.03 bits per heavy atom. The Balaban J connectivity index is 1.61. The highest BCUT2D eigenvalue weighted by molar-refractivity contribution is 7.89. The van der Waals surface area contributed by atoms with Crippen molar-refractivity contribution in [3.8, 4) is 5.75 Å². The lowest BCUT2D eigenvalue weighted by atomic mass is 10.1. The van der Waals surface area contributed by atoms with Crippen molar-refractivity contribution in [3.63, 3.8) is 0 Å². The van der Waals surface area contributed by atoms with E-state index in [1.165, 1.54) is 21.3 Å². The van der Waals surface area contributed by atoms with Gasteiger partial charge in [-0.2, -0.15) is 4.31 Å². The Hall–Kier alpha value is -2.33. The van der Waals surface area contributed by atoms with Gasteiger partial charge in [0.2, 0.25) is 15.9 Å². The van der Waals surface area contributed by atoms with Crippen LogP contribution in [0.15, 0.2) is 29.2 Å². The number of hydrogen-bond acceptors (Lipinski definition) is 6. The lowest BCUT2D eigenvalue weighted by molar-refractivity contribution is -0.137. The number of likely N-dealkylation sites (tertiary alicyclic amines) is 1. The number of ether oxygens (including phenoxy) is 2. The SMILES string of the molecule is CCOc1ccc(S(=O)(=O)N2CCN(C(=O)[C@@H]3CCCN3C(=O)OC(C)(C)C)CC2)cc1. The first-order valence-electron chi connectivity index (χ1n) is 11.0. The number of carbonyl (C=O) groups is 2. The van der Waals surface area contributed by atoms with Gasteiger partial charge in [0.1, 0.15) is 17.4 Å². The van der Waals surface area contributed by atoms with E-state index in [4.69, 9.17) is 9.47 Å². The summed E-state index contributed by atoms with van der Waals surface area (Å²) < 4.78 is 38.2. The van der Waals surface area contributed by atoms with E-state index in [9.17, 15) is 18.0 Å². The average molecular weight is 468 g/mol. The lowest BCUT2D eigenvalue weighted by Crippen LogP contribution is -2.55. The molecule has 2 heterocycles. The van der Waals surface area contributed by atoms with Crippen LogP contribution >= 0.6 is 0 Å². The molecule has 2 aliphatic heterocycles. The van der Waals surface area contributed by atoms with Gasteiger partial charge in [0, 0.05) is 32.7 Å². The molecule has 9 nitrogen and oxygen atoms in total. The molecule has 1 aromatic carbocycles. The predicted octanol–water partition coefficient (Wildman–Crippen LogP) is 2.32.